The van der Waals surface area contributed by atoms with Crippen molar-refractivity contribution in [1.29, 1.82) is 15.8 Å². The molecule has 0 bridgehead atoms. The number of amides is 2. The van der Waals surface area contributed by atoms with Gasteiger partial charge < -0.3 is 16.0 Å². The van der Waals surface area contributed by atoms with Crippen molar-refractivity contribution in [3.63, 3.8) is 0 Å². The van der Waals surface area contributed by atoms with Gasteiger partial charge in [-0.15, -0.1) is 0 Å². The molecule has 0 atom stereocenters. The summed E-state index contributed by atoms with van der Waals surface area (Å²) < 4.78 is 196. The fraction of sp³-hybridized carbons (Fsp3) is 0.240. The third kappa shape index (κ3) is 30.0. The van der Waals surface area contributed by atoms with E-state index in [9.17, 15) is 114 Å². The Bertz CT molecular complexity index is 6000. The number of rotatable bonds is 11. The first-order chi connectivity index (χ1) is 55.6. The summed E-state index contributed by atoms with van der Waals surface area (Å²) in [6.45, 7) is 17.3. The van der Waals surface area contributed by atoms with Crippen molar-refractivity contribution in [1.82, 2.24) is 48.4 Å². The molecule has 0 aliphatic rings. The number of aromatic nitrogens is 8. The average molecular weight is 1920 g/mol. The molecule has 9 rings (SSSR count). The zero-order valence-electron chi connectivity index (χ0n) is 63.4. The van der Waals surface area contributed by atoms with Gasteiger partial charge in [0.2, 0.25) is 0 Å². The monoisotopic (exact) mass is 1920 g/mol. The van der Waals surface area contributed by atoms with E-state index in [1.807, 2.05) is 16.9 Å². The molecule has 0 fully saturated rings. The van der Waals surface area contributed by atoms with Crippen molar-refractivity contribution in [2.45, 2.75) is 106 Å². The molecule has 2 amide bonds. The molecule has 45 heteroatoms. The van der Waals surface area contributed by atoms with Gasteiger partial charge in [-0.1, -0.05) is 36.4 Å². The molecule has 0 aliphatic carbocycles. The highest BCUT2D eigenvalue weighted by atomic mass is 127. The summed E-state index contributed by atoms with van der Waals surface area (Å²) in [6, 6.07) is 21.2. The highest BCUT2D eigenvalue weighted by Gasteiger charge is 2.35. The Morgan fingerprint density at radius 2 is 0.800 bits per heavy atom. The van der Waals surface area contributed by atoms with Crippen LogP contribution in [0.2, 0.25) is 0 Å². The Hall–Kier alpha value is -13.3. The standard InChI is InChI=1S/C15H14F3IN2O2.C14H14F3N3O.C13H8F3N3O2.C12H8F3IN2O2.C12H9F3N2O2.C7H10N2O.2CO2/c1-8(2)21-13(22)11(19)7-20(14(21)23)12-6-10(15(16,17)18)5-4-9(12)3;1-3-19-13(21)10(7-18)8-20-12-6-11(14(15,16)17)5-4-9(12)2;1-7-2-3-9(13(14,15)16)4-10(7)19-6-8(5-17)11(20)18-12(19)21;1-6-2-3-7(12(13,14)15)4-9(6)18-5-8(16)10(19)17-11(18)20;1-7-2-3-8(12(13,14)15)6-9(7)17-5-4-10(18)16-11(17)19;1-3-6(5-8)7(10)9-4-2;2*2-1-3/h4-8H,1-3H3;4-6,8,20H,3H2,1-2H3,(H,19,21);2-4,6H,1H3,(H,18,20,21);2-5H,1H3,(H,17,19,20);2-6H,1H3,(H,16,18,19);3H,4H2,1-2H3,(H,9,10);;/b;10-8-;;;;6-3-;;. The van der Waals surface area contributed by atoms with E-state index in [4.69, 9.17) is 35.0 Å². The number of H-pyrrole nitrogens is 3. The molecule has 9 aromatic rings. The number of hydrogen-bond donors (Lipinski definition) is 6. The molecule has 4 heterocycles. The fourth-order valence-corrected chi connectivity index (χ4v) is 10.3. The molecule has 0 aliphatic heterocycles. The number of halogens is 17. The van der Waals surface area contributed by atoms with E-state index < -0.39 is 116 Å². The minimum Gasteiger partial charge on any atom is -0.360 e. The number of carbonyl (C=O) groups excluding carboxylic acids is 6. The Morgan fingerprint density at radius 3 is 1.15 bits per heavy atom. The van der Waals surface area contributed by atoms with Crippen LogP contribution in [0.1, 0.15) is 102 Å². The number of likely N-dealkylation sites (N-methyl/N-ethyl adjacent to an activating group) is 2. The van der Waals surface area contributed by atoms with Crippen molar-refractivity contribution in [2.24, 2.45) is 0 Å². The number of aryl methyl sites for hydroxylation is 5. The van der Waals surface area contributed by atoms with E-state index in [0.29, 0.717) is 40.9 Å². The number of alkyl halides is 15. The molecule has 0 radical (unpaired) electrons. The van der Waals surface area contributed by atoms with Crippen molar-refractivity contribution >= 4 is 75.0 Å². The van der Waals surface area contributed by atoms with Crippen LogP contribution in [-0.2, 0) is 59.6 Å². The Morgan fingerprint density at radius 1 is 0.467 bits per heavy atom. The zero-order chi connectivity index (χ0) is 92.0. The lowest BCUT2D eigenvalue weighted by molar-refractivity contribution is -0.193. The molecule has 0 saturated carbocycles. The zero-order valence-corrected chi connectivity index (χ0v) is 67.7. The maximum absolute atomic E-state index is 12.9. The van der Waals surface area contributed by atoms with Crippen LogP contribution in [0, 0.1) is 75.8 Å². The van der Waals surface area contributed by atoms with Crippen molar-refractivity contribution in [3.8, 4) is 41.0 Å². The van der Waals surface area contributed by atoms with Crippen molar-refractivity contribution in [2.75, 3.05) is 18.4 Å². The summed E-state index contributed by atoms with van der Waals surface area (Å²) in [7, 11) is 0. The lowest BCUT2D eigenvalue weighted by atomic mass is 10.1. The number of anilines is 1. The highest BCUT2D eigenvalue weighted by Crippen LogP contribution is 2.36. The number of carbonyl (C=O) groups is 2. The number of benzene rings is 5. The normalized spacial score (nSPS) is 11.1. The average Bonchev–Trinajstić information content (AvgIpc) is 0.772. The molecule has 636 valence electrons. The van der Waals surface area contributed by atoms with Crippen molar-refractivity contribution in [3.05, 3.63) is 297 Å². The van der Waals surface area contributed by atoms with Gasteiger partial charge in [0.15, 0.2) is 0 Å². The van der Waals surface area contributed by atoms with Crippen LogP contribution in [0.15, 0.2) is 184 Å². The van der Waals surface area contributed by atoms with Crippen LogP contribution < -0.4 is 60.9 Å². The maximum atomic E-state index is 12.9. The quantitative estimate of drug-likeness (QED) is 0.0303. The molecule has 0 saturated heterocycles. The number of allylic oxidation sites excluding steroid dienone is 1. The number of hydrogen-bond acceptors (Lipinski definition) is 18. The van der Waals surface area contributed by atoms with Crippen LogP contribution in [0.5, 0.6) is 0 Å². The third-order valence-corrected chi connectivity index (χ3v) is 16.7. The summed E-state index contributed by atoms with van der Waals surface area (Å²) in [5.41, 5.74) is -7.53. The summed E-state index contributed by atoms with van der Waals surface area (Å²) in [6.07, 6.45) is -14.9. The summed E-state index contributed by atoms with van der Waals surface area (Å²) >= 11 is 3.48. The van der Waals surface area contributed by atoms with Crippen LogP contribution in [-0.4, -0.2) is 75.0 Å². The van der Waals surface area contributed by atoms with Crippen LogP contribution >= 0.6 is 45.2 Å². The fourth-order valence-electron chi connectivity index (χ4n) is 9.32. The number of nitriles is 3. The first kappa shape index (κ1) is 103. The highest BCUT2D eigenvalue weighted by molar-refractivity contribution is 14.1. The number of nitrogens with one attached hydrogen (secondary N) is 6. The van der Waals surface area contributed by atoms with Gasteiger partial charge in [-0.2, -0.15) is 101 Å². The molecule has 6 N–H and O–H groups in total. The van der Waals surface area contributed by atoms with Gasteiger partial charge in [0.25, 0.3) is 34.1 Å². The van der Waals surface area contributed by atoms with E-state index in [1.165, 1.54) is 55.7 Å². The molecule has 4 aromatic heterocycles. The smallest absolute Gasteiger partial charge is 0.360 e. The van der Waals surface area contributed by atoms with Gasteiger partial charge in [0.1, 0.15) is 34.9 Å². The molecule has 5 aromatic carbocycles. The molecule has 120 heavy (non-hydrogen) atoms. The van der Waals surface area contributed by atoms with E-state index in [2.05, 4.69) is 20.9 Å². The van der Waals surface area contributed by atoms with Gasteiger partial charge in [0.05, 0.1) is 57.7 Å². The summed E-state index contributed by atoms with van der Waals surface area (Å²) in [5.74, 6) is -0.885. The second-order valence-electron chi connectivity index (χ2n) is 23.8. The van der Waals surface area contributed by atoms with Gasteiger partial charge in [-0.05, 0) is 203 Å². The second-order valence-corrected chi connectivity index (χ2v) is 26.1. The lowest BCUT2D eigenvalue weighted by Gasteiger charge is -2.16. The second kappa shape index (κ2) is 45.4. The molecule has 28 nitrogen and oxygen atoms in total. The van der Waals surface area contributed by atoms with Crippen molar-refractivity contribution < 1.29 is 94.6 Å². The molecule has 0 spiro atoms. The predicted octanol–water partition coefficient (Wildman–Crippen LogP) is 11.9. The van der Waals surface area contributed by atoms with Crippen LogP contribution in [0.4, 0.5) is 71.5 Å². The lowest BCUT2D eigenvalue weighted by Crippen LogP contribution is -2.41. The molecular weight excluding hydrogens is 1860 g/mol. The van der Waals surface area contributed by atoms with Gasteiger partial charge >= 0.3 is 65.9 Å². The maximum Gasteiger partial charge on any atom is 0.416 e. The van der Waals surface area contributed by atoms with Crippen LogP contribution in [0.3, 0.4) is 0 Å². The Balaban J connectivity index is 0.000000486. The Kier molecular flexibility index (Phi) is 38.9. The minimum atomic E-state index is -4.56. The first-order valence-electron chi connectivity index (χ1n) is 33.2. The summed E-state index contributed by atoms with van der Waals surface area (Å²) in [5, 5.41) is 33.5. The van der Waals surface area contributed by atoms with Gasteiger partial charge in [-0.25, -0.2) is 19.2 Å². The molecular formula is C75H63F15I2N14O14. The third-order valence-electron chi connectivity index (χ3n) is 15.2. The SMILES string of the molecule is C/C=C(/C#N)C(=O)NCC.CCNC(=O)/C(C#N)=C\Nc1cc(C(F)(F)F)ccc1C.Cc1ccc(C(F)(F)F)cc1-n1cc(C#N)c(=O)[nH]c1=O.Cc1ccc(C(F)(F)F)cc1-n1cc(I)c(=O)[nH]c1=O.Cc1ccc(C(F)(F)F)cc1-n1cc(I)c(=O)n(C(C)C)c1=O.Cc1ccc(C(F)(F)F)cc1-n1ccc(=O)[nH]c1=O.O=C=O.O=C=O. The van der Waals surface area contributed by atoms with Crippen LogP contribution in [0.25, 0.3) is 22.7 Å². The number of aromatic amines is 3. The predicted molar refractivity (Wildman–Crippen MR) is 414 cm³/mol. The first-order valence-corrected chi connectivity index (χ1v) is 35.3. The molecule has 0 unspecified atom stereocenters. The van der Waals surface area contributed by atoms with Gasteiger partial charge in [-0.3, -0.25) is 66.6 Å². The van der Waals surface area contributed by atoms with Gasteiger partial charge in [0, 0.05) is 61.9 Å². The summed E-state index contributed by atoms with van der Waals surface area (Å²) in [4.78, 5) is 154. The van der Waals surface area contributed by atoms with E-state index in [-0.39, 0.29) is 70.5 Å². The number of nitrogens with zero attached hydrogens (tertiary/aromatic N) is 8. The Labute approximate surface area is 692 Å². The van der Waals surface area contributed by atoms with E-state index in [0.717, 1.165) is 108 Å². The minimum absolute atomic E-state index is 0.0532. The topological polar surface area (TPSA) is 418 Å². The van der Waals surface area contributed by atoms with E-state index >= 15 is 0 Å². The largest absolute Gasteiger partial charge is 0.416 e. The van der Waals surface area contributed by atoms with E-state index in [1.54, 1.807) is 119 Å².